The van der Waals surface area contributed by atoms with E-state index >= 15 is 0 Å². The van der Waals surface area contributed by atoms with Crippen molar-refractivity contribution >= 4 is 17.1 Å². The fraction of sp³-hybridized carbons (Fsp3) is 0.200. The first-order valence-electron chi connectivity index (χ1n) is 6.15. The lowest BCUT2D eigenvalue weighted by Gasteiger charge is -2.23. The highest BCUT2D eigenvalue weighted by molar-refractivity contribution is 5.77. The third kappa shape index (κ3) is 1.95. The maximum absolute atomic E-state index is 6.02. The SMILES string of the molecule is Cc1cc2c(cc1N(C)c1ccccc1N)OCO2. The number of aryl methyl sites for hydroxylation is 1. The zero-order chi connectivity index (χ0) is 13.4. The smallest absolute Gasteiger partial charge is 0.231 e. The van der Waals surface area contributed by atoms with Gasteiger partial charge in [0, 0.05) is 18.8 Å². The van der Waals surface area contributed by atoms with Crippen LogP contribution < -0.4 is 20.1 Å². The molecule has 0 spiro atoms. The first-order chi connectivity index (χ1) is 9.16. The van der Waals surface area contributed by atoms with E-state index in [0.29, 0.717) is 0 Å². The molecule has 4 nitrogen and oxygen atoms in total. The largest absolute Gasteiger partial charge is 0.454 e. The number of anilines is 3. The van der Waals surface area contributed by atoms with Crippen molar-refractivity contribution in [2.24, 2.45) is 0 Å². The number of nitrogen functional groups attached to an aromatic ring is 1. The van der Waals surface area contributed by atoms with Gasteiger partial charge in [-0.2, -0.15) is 0 Å². The van der Waals surface area contributed by atoms with Crippen molar-refractivity contribution in [3.8, 4) is 11.5 Å². The van der Waals surface area contributed by atoms with Crippen LogP contribution in [0.4, 0.5) is 17.1 Å². The van der Waals surface area contributed by atoms with Crippen molar-refractivity contribution < 1.29 is 9.47 Å². The molecule has 0 fully saturated rings. The molecule has 0 aliphatic carbocycles. The predicted octanol–water partition coefficient (Wildman–Crippen LogP) is 3.07. The zero-order valence-electron chi connectivity index (χ0n) is 11.0. The summed E-state index contributed by atoms with van der Waals surface area (Å²) >= 11 is 0. The lowest BCUT2D eigenvalue weighted by molar-refractivity contribution is 0.174. The number of benzene rings is 2. The summed E-state index contributed by atoms with van der Waals surface area (Å²) in [5.74, 6) is 1.58. The second-order valence-electron chi connectivity index (χ2n) is 4.61. The Kier molecular flexibility index (Phi) is 2.71. The predicted molar refractivity (Wildman–Crippen MR) is 76.2 cm³/mol. The number of nitrogens with two attached hydrogens (primary N) is 1. The fourth-order valence-corrected chi connectivity index (χ4v) is 2.32. The molecular weight excluding hydrogens is 240 g/mol. The van der Waals surface area contributed by atoms with Gasteiger partial charge >= 0.3 is 0 Å². The second-order valence-corrected chi connectivity index (χ2v) is 4.61. The van der Waals surface area contributed by atoms with Gasteiger partial charge in [-0.05, 0) is 30.7 Å². The van der Waals surface area contributed by atoms with Crippen molar-refractivity contribution in [3.63, 3.8) is 0 Å². The Hall–Kier alpha value is -2.36. The highest BCUT2D eigenvalue weighted by Gasteiger charge is 2.18. The molecule has 19 heavy (non-hydrogen) atoms. The Bertz CT molecular complexity index is 626. The summed E-state index contributed by atoms with van der Waals surface area (Å²) in [5, 5.41) is 0. The quantitative estimate of drug-likeness (QED) is 0.839. The van der Waals surface area contributed by atoms with Crippen LogP contribution in [-0.2, 0) is 0 Å². The first kappa shape index (κ1) is 11.7. The van der Waals surface area contributed by atoms with Crippen molar-refractivity contribution in [2.75, 3.05) is 24.5 Å². The molecule has 0 radical (unpaired) electrons. The molecule has 0 unspecified atom stereocenters. The summed E-state index contributed by atoms with van der Waals surface area (Å²) in [4.78, 5) is 2.06. The Morgan fingerprint density at radius 1 is 1.05 bits per heavy atom. The molecule has 0 aromatic heterocycles. The second kappa shape index (κ2) is 4.39. The molecule has 2 aromatic rings. The van der Waals surface area contributed by atoms with E-state index in [9.17, 15) is 0 Å². The van der Waals surface area contributed by atoms with Crippen LogP contribution in [0.15, 0.2) is 36.4 Å². The highest BCUT2D eigenvalue weighted by atomic mass is 16.7. The molecule has 3 rings (SSSR count). The number of rotatable bonds is 2. The minimum atomic E-state index is 0.287. The molecule has 4 heteroatoms. The number of para-hydroxylation sites is 2. The normalized spacial score (nSPS) is 12.5. The molecule has 2 aromatic carbocycles. The average Bonchev–Trinajstić information content (AvgIpc) is 2.84. The van der Waals surface area contributed by atoms with E-state index in [2.05, 4.69) is 4.90 Å². The van der Waals surface area contributed by atoms with Gasteiger partial charge in [-0.15, -0.1) is 0 Å². The Morgan fingerprint density at radius 2 is 1.74 bits per heavy atom. The van der Waals surface area contributed by atoms with Crippen LogP contribution in [0.1, 0.15) is 5.56 Å². The average molecular weight is 256 g/mol. The molecule has 0 amide bonds. The van der Waals surface area contributed by atoms with Crippen LogP contribution in [0.5, 0.6) is 11.5 Å². The van der Waals surface area contributed by atoms with Crippen LogP contribution >= 0.6 is 0 Å². The van der Waals surface area contributed by atoms with Crippen LogP contribution in [-0.4, -0.2) is 13.8 Å². The maximum atomic E-state index is 6.02. The zero-order valence-corrected chi connectivity index (χ0v) is 11.0. The van der Waals surface area contributed by atoms with E-state index in [1.54, 1.807) is 0 Å². The van der Waals surface area contributed by atoms with Gasteiger partial charge in [-0.1, -0.05) is 12.1 Å². The van der Waals surface area contributed by atoms with Gasteiger partial charge in [0.25, 0.3) is 0 Å². The van der Waals surface area contributed by atoms with E-state index in [4.69, 9.17) is 15.2 Å². The summed E-state index contributed by atoms with van der Waals surface area (Å²) in [6.45, 7) is 2.34. The minimum Gasteiger partial charge on any atom is -0.454 e. The third-order valence-corrected chi connectivity index (χ3v) is 3.35. The standard InChI is InChI=1S/C15H16N2O2/c1-10-7-14-15(19-9-18-14)8-13(10)17(2)12-6-4-3-5-11(12)16/h3-8H,9,16H2,1-2H3. The van der Waals surface area contributed by atoms with Crippen LogP contribution in [0.25, 0.3) is 0 Å². The van der Waals surface area contributed by atoms with Crippen LogP contribution in [0.3, 0.4) is 0 Å². The summed E-state index contributed by atoms with van der Waals surface area (Å²) in [5.41, 5.74) is 9.93. The van der Waals surface area contributed by atoms with Crippen molar-refractivity contribution in [1.82, 2.24) is 0 Å². The monoisotopic (exact) mass is 256 g/mol. The summed E-state index contributed by atoms with van der Waals surface area (Å²) in [7, 11) is 2.00. The van der Waals surface area contributed by atoms with E-state index in [0.717, 1.165) is 34.1 Å². The fourth-order valence-electron chi connectivity index (χ4n) is 2.32. The number of fused-ring (bicyclic) bond motifs is 1. The summed E-state index contributed by atoms with van der Waals surface area (Å²) in [6, 6.07) is 11.8. The minimum absolute atomic E-state index is 0.287. The summed E-state index contributed by atoms with van der Waals surface area (Å²) < 4.78 is 10.8. The lowest BCUT2D eigenvalue weighted by atomic mass is 10.1. The Balaban J connectivity index is 2.05. The Labute approximate surface area is 112 Å². The van der Waals surface area contributed by atoms with Crippen molar-refractivity contribution in [1.29, 1.82) is 0 Å². The van der Waals surface area contributed by atoms with Gasteiger partial charge in [0.15, 0.2) is 11.5 Å². The molecule has 1 aliphatic heterocycles. The number of hydrogen-bond acceptors (Lipinski definition) is 4. The molecule has 1 heterocycles. The topological polar surface area (TPSA) is 47.7 Å². The maximum Gasteiger partial charge on any atom is 0.231 e. The van der Waals surface area contributed by atoms with Crippen LogP contribution in [0, 0.1) is 6.92 Å². The van der Waals surface area contributed by atoms with Crippen LogP contribution in [0.2, 0.25) is 0 Å². The van der Waals surface area contributed by atoms with Crippen molar-refractivity contribution in [2.45, 2.75) is 6.92 Å². The molecular formula is C15H16N2O2. The molecule has 1 aliphatic rings. The number of ether oxygens (including phenoxy) is 2. The molecule has 0 saturated heterocycles. The Morgan fingerprint density at radius 3 is 2.47 bits per heavy atom. The van der Waals surface area contributed by atoms with Gasteiger partial charge in [-0.3, -0.25) is 0 Å². The molecule has 0 atom stereocenters. The van der Waals surface area contributed by atoms with E-state index in [-0.39, 0.29) is 6.79 Å². The lowest BCUT2D eigenvalue weighted by Crippen LogP contribution is -2.12. The number of hydrogen-bond donors (Lipinski definition) is 1. The first-order valence-corrected chi connectivity index (χ1v) is 6.15. The molecule has 98 valence electrons. The van der Waals surface area contributed by atoms with Crippen molar-refractivity contribution in [3.05, 3.63) is 42.0 Å². The van der Waals surface area contributed by atoms with Gasteiger partial charge < -0.3 is 20.1 Å². The van der Waals surface area contributed by atoms with E-state index < -0.39 is 0 Å². The molecule has 2 N–H and O–H groups in total. The van der Waals surface area contributed by atoms with E-state index in [1.165, 1.54) is 0 Å². The number of nitrogens with zero attached hydrogens (tertiary/aromatic N) is 1. The van der Waals surface area contributed by atoms with Gasteiger partial charge in [0.05, 0.1) is 11.4 Å². The third-order valence-electron chi connectivity index (χ3n) is 3.35. The van der Waals surface area contributed by atoms with Gasteiger partial charge in [0.2, 0.25) is 6.79 Å². The van der Waals surface area contributed by atoms with E-state index in [1.807, 2.05) is 50.4 Å². The molecule has 0 bridgehead atoms. The molecule has 0 saturated carbocycles. The summed E-state index contributed by atoms with van der Waals surface area (Å²) in [6.07, 6.45) is 0. The van der Waals surface area contributed by atoms with Gasteiger partial charge in [-0.25, -0.2) is 0 Å². The highest BCUT2D eigenvalue weighted by Crippen LogP contribution is 2.40. The van der Waals surface area contributed by atoms with Gasteiger partial charge in [0.1, 0.15) is 0 Å².